The minimum atomic E-state index is -0.991. The number of amides is 4. The van der Waals surface area contributed by atoms with Gasteiger partial charge >= 0.3 is 11.9 Å². The summed E-state index contributed by atoms with van der Waals surface area (Å²) in [6.45, 7) is 8.74. The van der Waals surface area contributed by atoms with E-state index < -0.39 is 24.0 Å². The number of thioether (sulfide) groups is 2. The molecule has 65 heavy (non-hydrogen) atoms. The highest BCUT2D eigenvalue weighted by Crippen LogP contribution is 2.32. The molecule has 2 aromatic heterocycles. The van der Waals surface area contributed by atoms with Crippen molar-refractivity contribution in [3.8, 4) is 0 Å². The first-order valence-electron chi connectivity index (χ1n) is 23.3. The minimum Gasteiger partial charge on any atom is -0.480 e. The quantitative estimate of drug-likeness (QED) is 0.107. The van der Waals surface area contributed by atoms with Gasteiger partial charge in [-0.25, -0.2) is 19.6 Å². The fraction of sp³-hybridized carbons (Fsp3) is 0.733. The molecule has 0 aromatic carbocycles. The van der Waals surface area contributed by atoms with Crippen molar-refractivity contribution in [2.24, 2.45) is 11.8 Å². The van der Waals surface area contributed by atoms with E-state index in [0.717, 1.165) is 88.3 Å². The molecular weight excluding hydrogens is 873 g/mol. The molecule has 0 saturated carbocycles. The molecule has 362 valence electrons. The predicted molar refractivity (Wildman–Crippen MR) is 251 cm³/mol. The number of likely N-dealkylation sites (tertiary alicyclic amines) is 4. The summed E-state index contributed by atoms with van der Waals surface area (Å²) in [5, 5.41) is 15.1. The van der Waals surface area contributed by atoms with E-state index in [0.29, 0.717) is 62.8 Å². The van der Waals surface area contributed by atoms with Crippen LogP contribution in [0.5, 0.6) is 0 Å². The Labute approximate surface area is 392 Å². The SMILES string of the molecule is CC[C@H]1CCN(C(=O)Cc2cnc[nH]2)[C@@H]1CN1CCC[C@H]1C(=O)N[C@@H](CCSC)C(=O)O.CC[C@H]1CCN(C(=O)Cc2cnc[nH]2)[C@@H]1CN1CCC[C@H]1C(=O)N[C@@H](CCSC)C(=O)OC. The number of hydrogen-bond acceptors (Lipinski definition) is 13. The van der Waals surface area contributed by atoms with Crippen LogP contribution in [0.2, 0.25) is 0 Å². The Morgan fingerprint density at radius 3 is 1.55 bits per heavy atom. The number of nitrogens with one attached hydrogen (secondary N) is 4. The number of esters is 1. The summed E-state index contributed by atoms with van der Waals surface area (Å²) in [5.74, 6) is 0.724. The third-order valence-electron chi connectivity index (χ3n) is 13.7. The number of carboxylic acid groups (broad SMARTS) is 1. The second-order valence-corrected chi connectivity index (χ2v) is 19.6. The van der Waals surface area contributed by atoms with Gasteiger partial charge in [0.2, 0.25) is 23.6 Å². The van der Waals surface area contributed by atoms with Crippen LogP contribution in [0, 0.1) is 11.8 Å². The number of imidazole rings is 2. The molecule has 4 fully saturated rings. The fourth-order valence-corrected chi connectivity index (χ4v) is 11.0. The molecule has 18 nitrogen and oxygen atoms in total. The van der Waals surface area contributed by atoms with E-state index in [1.807, 2.05) is 22.3 Å². The fourth-order valence-electron chi connectivity index (χ4n) is 10.0. The van der Waals surface area contributed by atoms with Gasteiger partial charge in [0.05, 0.1) is 44.7 Å². The summed E-state index contributed by atoms with van der Waals surface area (Å²) < 4.78 is 4.89. The summed E-state index contributed by atoms with van der Waals surface area (Å²) in [6, 6.07) is -1.95. The molecule has 0 radical (unpaired) electrons. The summed E-state index contributed by atoms with van der Waals surface area (Å²) in [5.41, 5.74) is 1.62. The number of aromatic amines is 2. The lowest BCUT2D eigenvalue weighted by Crippen LogP contribution is -2.53. The smallest absolute Gasteiger partial charge is 0.328 e. The topological polar surface area (TPSA) is 226 Å². The van der Waals surface area contributed by atoms with E-state index in [-0.39, 0.29) is 47.8 Å². The lowest BCUT2D eigenvalue weighted by atomic mass is 9.96. The first-order chi connectivity index (χ1) is 31.4. The van der Waals surface area contributed by atoms with Crippen molar-refractivity contribution in [3.63, 3.8) is 0 Å². The van der Waals surface area contributed by atoms with Crippen molar-refractivity contribution in [2.45, 2.75) is 127 Å². The van der Waals surface area contributed by atoms with E-state index in [1.165, 1.54) is 7.11 Å². The van der Waals surface area contributed by atoms with Gasteiger partial charge in [0.25, 0.3) is 0 Å². The van der Waals surface area contributed by atoms with Gasteiger partial charge in [0.1, 0.15) is 12.1 Å². The normalized spacial score (nSPS) is 24.3. The van der Waals surface area contributed by atoms with Crippen molar-refractivity contribution >= 4 is 59.1 Å². The van der Waals surface area contributed by atoms with Gasteiger partial charge in [-0.05, 0) is 100 Å². The van der Waals surface area contributed by atoms with Crippen LogP contribution in [0.25, 0.3) is 0 Å². The Morgan fingerprint density at radius 1 is 0.723 bits per heavy atom. The van der Waals surface area contributed by atoms with Gasteiger partial charge in [-0.2, -0.15) is 23.5 Å². The second kappa shape index (κ2) is 26.3. The number of ether oxygens (including phenoxy) is 1. The summed E-state index contributed by atoms with van der Waals surface area (Å²) in [7, 11) is 1.35. The summed E-state index contributed by atoms with van der Waals surface area (Å²) in [4.78, 5) is 98.2. The van der Waals surface area contributed by atoms with Gasteiger partial charge < -0.3 is 40.2 Å². The maximum Gasteiger partial charge on any atom is 0.328 e. The molecule has 4 aliphatic rings. The molecule has 0 spiro atoms. The molecule has 5 N–H and O–H groups in total. The monoisotopic (exact) mass is 944 g/mol. The Balaban J connectivity index is 0.000000244. The molecule has 2 aromatic rings. The van der Waals surface area contributed by atoms with E-state index in [9.17, 15) is 33.9 Å². The van der Waals surface area contributed by atoms with Crippen LogP contribution in [0.15, 0.2) is 25.0 Å². The number of H-pyrrole nitrogens is 2. The molecule has 0 bridgehead atoms. The predicted octanol–water partition coefficient (Wildman–Crippen LogP) is 2.82. The lowest BCUT2D eigenvalue weighted by molar-refractivity contribution is -0.145. The zero-order chi connectivity index (χ0) is 46.9. The van der Waals surface area contributed by atoms with Gasteiger partial charge in [-0.1, -0.05) is 26.7 Å². The zero-order valence-electron chi connectivity index (χ0n) is 38.9. The molecule has 4 saturated heterocycles. The molecule has 6 rings (SSSR count). The number of nitrogens with zero attached hydrogens (tertiary/aromatic N) is 6. The number of carbonyl (C=O) groups is 6. The van der Waals surface area contributed by atoms with Gasteiger partial charge in [-0.15, -0.1) is 0 Å². The Morgan fingerprint density at radius 2 is 1.17 bits per heavy atom. The molecule has 6 heterocycles. The average molecular weight is 945 g/mol. The van der Waals surface area contributed by atoms with Crippen LogP contribution in [0.1, 0.15) is 89.4 Å². The number of hydrogen-bond donors (Lipinski definition) is 5. The Kier molecular flexibility index (Phi) is 20.9. The zero-order valence-corrected chi connectivity index (χ0v) is 40.5. The largest absolute Gasteiger partial charge is 0.480 e. The van der Waals surface area contributed by atoms with Gasteiger partial charge in [0, 0.05) is 62.0 Å². The first kappa shape index (κ1) is 51.8. The first-order valence-corrected chi connectivity index (χ1v) is 26.1. The number of carboxylic acids is 1. The highest BCUT2D eigenvalue weighted by atomic mass is 32.2. The minimum absolute atomic E-state index is 0.0654. The lowest BCUT2D eigenvalue weighted by Gasteiger charge is -2.34. The van der Waals surface area contributed by atoms with E-state index in [2.05, 4.69) is 54.2 Å². The van der Waals surface area contributed by atoms with Gasteiger partial charge in [-0.3, -0.25) is 29.0 Å². The van der Waals surface area contributed by atoms with Crippen LogP contribution in [0.3, 0.4) is 0 Å². The summed E-state index contributed by atoms with van der Waals surface area (Å²) >= 11 is 3.20. The second-order valence-electron chi connectivity index (χ2n) is 17.6. The maximum atomic E-state index is 13.1. The van der Waals surface area contributed by atoms with E-state index >= 15 is 0 Å². The molecule has 4 aliphatic heterocycles. The molecule has 8 atom stereocenters. The third-order valence-corrected chi connectivity index (χ3v) is 15.0. The Bertz CT molecular complexity index is 1820. The number of aliphatic carboxylic acids is 1. The molecule has 0 aliphatic carbocycles. The van der Waals surface area contributed by atoms with Crippen molar-refractivity contribution in [1.29, 1.82) is 0 Å². The number of methoxy groups -OCH3 is 1. The van der Waals surface area contributed by atoms with E-state index in [4.69, 9.17) is 4.74 Å². The summed E-state index contributed by atoms with van der Waals surface area (Å²) in [6.07, 6.45) is 19.2. The standard InChI is InChI=1S/C23H37N5O4S.C22H35N5O4S/c1-4-16-7-10-28(21(29)12-17-13-24-15-25-17)20(16)14-27-9-5-6-19(27)22(30)26-18(8-11-33-3)23(31)32-2;1-3-15-6-9-27(20(28)11-16-12-23-14-24-16)19(15)13-26-8-4-5-18(26)21(29)25-17(22(30)31)7-10-32-2/h13,15-16,18-20H,4-12,14H2,1-3H3,(H,24,25)(H,26,30);12,14-15,17-19H,3-11,13H2,1-2H3,(H,23,24)(H,25,29)(H,30,31)/t16-,18-,19-,20+;15-,17-,18-,19+/m00/s1. The number of carbonyl (C=O) groups excluding carboxylic acids is 5. The van der Waals surface area contributed by atoms with Crippen LogP contribution < -0.4 is 10.6 Å². The van der Waals surface area contributed by atoms with Crippen molar-refractivity contribution in [1.82, 2.24) is 50.2 Å². The van der Waals surface area contributed by atoms with Crippen LogP contribution >= 0.6 is 23.5 Å². The average Bonchev–Trinajstić information content (AvgIpc) is 4.17. The van der Waals surface area contributed by atoms with Crippen LogP contribution in [-0.2, 0) is 46.3 Å². The van der Waals surface area contributed by atoms with Crippen molar-refractivity contribution < 1.29 is 38.6 Å². The molecular formula is C45H72N10O8S2. The third kappa shape index (κ3) is 14.4. The molecule has 20 heteroatoms. The molecule has 0 unspecified atom stereocenters. The highest BCUT2D eigenvalue weighted by Gasteiger charge is 2.43. The maximum absolute atomic E-state index is 13.1. The number of rotatable bonds is 22. The molecule has 4 amide bonds. The Hall–Kier alpha value is -4.14. The van der Waals surface area contributed by atoms with Crippen LogP contribution in [-0.4, -0.2) is 187 Å². The van der Waals surface area contributed by atoms with Gasteiger partial charge in [0.15, 0.2) is 0 Å². The van der Waals surface area contributed by atoms with Crippen molar-refractivity contribution in [3.05, 3.63) is 36.4 Å². The van der Waals surface area contributed by atoms with Crippen molar-refractivity contribution in [2.75, 3.05) is 70.4 Å². The van der Waals surface area contributed by atoms with Crippen LogP contribution in [0.4, 0.5) is 0 Å². The number of aromatic nitrogens is 4. The van der Waals surface area contributed by atoms with E-state index in [1.54, 1.807) is 48.6 Å². The highest BCUT2D eigenvalue weighted by molar-refractivity contribution is 7.98.